The Bertz CT molecular complexity index is 917. The highest BCUT2D eigenvalue weighted by Crippen LogP contribution is 2.27. The molecule has 2 heterocycles. The minimum absolute atomic E-state index is 0.120. The zero-order valence-electron chi connectivity index (χ0n) is 15.2. The topological polar surface area (TPSA) is 81.5 Å². The monoisotopic (exact) mass is 377 g/mol. The molecule has 0 aliphatic carbocycles. The minimum Gasteiger partial charge on any atom is -0.461 e. The third-order valence-electron chi connectivity index (χ3n) is 4.60. The van der Waals surface area contributed by atoms with Gasteiger partial charge in [-0.2, -0.15) is 9.40 Å². The molecular weight excluding hydrogens is 354 g/mol. The molecule has 0 atom stereocenters. The summed E-state index contributed by atoms with van der Waals surface area (Å²) in [5.41, 5.74) is 2.79. The molecule has 8 heteroatoms. The van der Waals surface area contributed by atoms with Gasteiger partial charge in [0.2, 0.25) is 10.0 Å². The van der Waals surface area contributed by atoms with Crippen LogP contribution in [0.1, 0.15) is 41.2 Å². The van der Waals surface area contributed by atoms with Crippen molar-refractivity contribution in [2.45, 2.75) is 38.1 Å². The highest BCUT2D eigenvalue weighted by Gasteiger charge is 2.33. The van der Waals surface area contributed by atoms with E-state index >= 15 is 0 Å². The fourth-order valence-electron chi connectivity index (χ4n) is 3.18. The Hall–Kier alpha value is -2.19. The predicted octanol–water partition coefficient (Wildman–Crippen LogP) is 1.91. The summed E-state index contributed by atoms with van der Waals surface area (Å²) >= 11 is 0. The molecule has 1 aliphatic heterocycles. The highest BCUT2D eigenvalue weighted by molar-refractivity contribution is 7.89. The number of benzene rings is 1. The first-order valence-corrected chi connectivity index (χ1v) is 10.1. The molecule has 0 unspecified atom stereocenters. The van der Waals surface area contributed by atoms with Gasteiger partial charge in [0, 0.05) is 32.1 Å². The van der Waals surface area contributed by atoms with Crippen LogP contribution in [0.15, 0.2) is 29.2 Å². The molecule has 0 spiro atoms. The Labute approximate surface area is 153 Å². The quantitative estimate of drug-likeness (QED) is 0.744. The first-order valence-electron chi connectivity index (χ1n) is 8.69. The first kappa shape index (κ1) is 18.6. The van der Waals surface area contributed by atoms with Crippen LogP contribution in [-0.4, -0.2) is 41.6 Å². The number of aryl methyl sites for hydroxylation is 2. The zero-order valence-corrected chi connectivity index (χ0v) is 16.0. The summed E-state index contributed by atoms with van der Waals surface area (Å²) in [5, 5.41) is 4.36. The molecule has 7 nitrogen and oxygen atoms in total. The third kappa shape index (κ3) is 3.26. The van der Waals surface area contributed by atoms with Crippen LogP contribution in [0.5, 0.6) is 0 Å². The lowest BCUT2D eigenvalue weighted by atomic mass is 10.1. The van der Waals surface area contributed by atoms with Crippen LogP contribution in [-0.2, 0) is 41.2 Å². The molecule has 0 saturated carbocycles. The van der Waals surface area contributed by atoms with E-state index < -0.39 is 16.0 Å². The summed E-state index contributed by atoms with van der Waals surface area (Å²) in [6.07, 6.45) is 1.32. The van der Waals surface area contributed by atoms with Gasteiger partial charge in [-0.05, 0) is 31.0 Å². The van der Waals surface area contributed by atoms with Gasteiger partial charge >= 0.3 is 5.97 Å². The van der Waals surface area contributed by atoms with Gasteiger partial charge in [0.05, 0.1) is 17.2 Å². The lowest BCUT2D eigenvalue weighted by Crippen LogP contribution is -2.36. The van der Waals surface area contributed by atoms with Crippen molar-refractivity contribution < 1.29 is 17.9 Å². The third-order valence-corrected chi connectivity index (χ3v) is 6.46. The van der Waals surface area contributed by atoms with Gasteiger partial charge in [0.15, 0.2) is 5.69 Å². The van der Waals surface area contributed by atoms with Crippen molar-refractivity contribution in [1.29, 1.82) is 0 Å². The maximum atomic E-state index is 13.0. The lowest BCUT2D eigenvalue weighted by Gasteiger charge is -2.26. The number of esters is 1. The second kappa shape index (κ2) is 7.20. The summed E-state index contributed by atoms with van der Waals surface area (Å²) in [7, 11) is -1.96. The van der Waals surface area contributed by atoms with Gasteiger partial charge in [-0.25, -0.2) is 13.2 Å². The fourth-order valence-corrected chi connectivity index (χ4v) is 4.59. The number of fused-ring (bicyclic) bond motifs is 1. The largest absolute Gasteiger partial charge is 0.461 e. The predicted molar refractivity (Wildman–Crippen MR) is 96.3 cm³/mol. The molecule has 0 radical (unpaired) electrons. The Morgan fingerprint density at radius 3 is 2.54 bits per heavy atom. The van der Waals surface area contributed by atoms with E-state index in [1.54, 1.807) is 26.1 Å². The lowest BCUT2D eigenvalue weighted by molar-refractivity contribution is 0.0511. The van der Waals surface area contributed by atoms with E-state index in [0.29, 0.717) is 24.2 Å². The Balaban J connectivity index is 1.92. The van der Waals surface area contributed by atoms with Crippen molar-refractivity contribution in [3.05, 3.63) is 46.8 Å². The first-order chi connectivity index (χ1) is 12.4. The van der Waals surface area contributed by atoms with E-state index in [1.165, 1.54) is 8.99 Å². The number of hydrogen-bond donors (Lipinski definition) is 0. The molecule has 0 amide bonds. The average Bonchev–Trinajstić information content (AvgIpc) is 2.96. The van der Waals surface area contributed by atoms with E-state index in [2.05, 4.69) is 5.10 Å². The molecule has 1 aromatic heterocycles. The van der Waals surface area contributed by atoms with Gasteiger partial charge in [0.1, 0.15) is 0 Å². The van der Waals surface area contributed by atoms with Gasteiger partial charge in [-0.1, -0.05) is 19.1 Å². The fraction of sp³-hybridized carbons (Fsp3) is 0.444. The number of carbonyl (C=O) groups is 1. The Kier molecular flexibility index (Phi) is 5.15. The Morgan fingerprint density at radius 1 is 1.23 bits per heavy atom. The average molecular weight is 377 g/mol. The van der Waals surface area contributed by atoms with Crippen LogP contribution in [0.25, 0.3) is 0 Å². The number of rotatable bonds is 5. The van der Waals surface area contributed by atoms with Crippen LogP contribution in [0.3, 0.4) is 0 Å². The normalized spacial score (nSPS) is 14.9. The minimum atomic E-state index is -3.63. The molecule has 140 valence electrons. The van der Waals surface area contributed by atoms with Crippen molar-refractivity contribution in [2.75, 3.05) is 13.2 Å². The van der Waals surface area contributed by atoms with Crippen molar-refractivity contribution in [3.8, 4) is 0 Å². The molecule has 0 N–H and O–H groups in total. The van der Waals surface area contributed by atoms with Crippen molar-refractivity contribution in [2.24, 2.45) is 7.05 Å². The summed E-state index contributed by atoms with van der Waals surface area (Å²) in [4.78, 5) is 12.5. The maximum Gasteiger partial charge on any atom is 0.356 e. The molecule has 1 aliphatic rings. The summed E-state index contributed by atoms with van der Waals surface area (Å²) in [6.45, 7) is 4.47. The van der Waals surface area contributed by atoms with Crippen LogP contribution >= 0.6 is 0 Å². The molecule has 2 aromatic rings. The van der Waals surface area contributed by atoms with Crippen molar-refractivity contribution >= 4 is 16.0 Å². The molecule has 0 fully saturated rings. The van der Waals surface area contributed by atoms with Crippen molar-refractivity contribution in [3.63, 3.8) is 0 Å². The van der Waals surface area contributed by atoms with Gasteiger partial charge in [0.25, 0.3) is 0 Å². The number of nitrogens with zero attached hydrogens (tertiary/aromatic N) is 3. The van der Waals surface area contributed by atoms with Crippen LogP contribution in [0.2, 0.25) is 0 Å². The van der Waals surface area contributed by atoms with Crippen LogP contribution in [0.4, 0.5) is 0 Å². The number of sulfonamides is 1. The van der Waals surface area contributed by atoms with E-state index in [-0.39, 0.29) is 18.0 Å². The molecule has 26 heavy (non-hydrogen) atoms. The highest BCUT2D eigenvalue weighted by atomic mass is 32.2. The SMILES string of the molecule is CCOC(=O)c1c2c(nn1C)CCN(S(=O)(=O)c1ccc(CC)cc1)C2. The second-order valence-corrected chi connectivity index (χ2v) is 8.14. The molecule has 1 aromatic carbocycles. The van der Waals surface area contributed by atoms with E-state index in [9.17, 15) is 13.2 Å². The van der Waals surface area contributed by atoms with Crippen molar-refractivity contribution in [1.82, 2.24) is 14.1 Å². The zero-order chi connectivity index (χ0) is 18.9. The molecule has 0 bridgehead atoms. The van der Waals surface area contributed by atoms with Gasteiger partial charge < -0.3 is 4.74 Å². The Morgan fingerprint density at radius 2 is 1.92 bits per heavy atom. The van der Waals surface area contributed by atoms with Crippen LogP contribution < -0.4 is 0 Å². The number of aromatic nitrogens is 2. The van der Waals surface area contributed by atoms with Crippen LogP contribution in [0, 0.1) is 0 Å². The summed E-state index contributed by atoms with van der Waals surface area (Å²) in [5.74, 6) is -0.477. The van der Waals surface area contributed by atoms with E-state index in [0.717, 1.165) is 17.7 Å². The molecule has 3 rings (SSSR count). The number of ether oxygens (including phenoxy) is 1. The maximum absolute atomic E-state index is 13.0. The van der Waals surface area contributed by atoms with E-state index in [4.69, 9.17) is 4.74 Å². The molecule has 0 saturated heterocycles. The van der Waals surface area contributed by atoms with Gasteiger partial charge in [-0.3, -0.25) is 4.68 Å². The number of hydrogen-bond acceptors (Lipinski definition) is 5. The molecular formula is C18H23N3O4S. The standard InChI is InChI=1S/C18H23N3O4S/c1-4-13-6-8-14(9-7-13)26(23,24)21-11-10-16-15(12-21)17(20(3)19-16)18(22)25-5-2/h6-9H,4-5,10-12H2,1-3H3. The van der Waals surface area contributed by atoms with E-state index in [1.807, 2.05) is 19.1 Å². The number of carbonyl (C=O) groups excluding carboxylic acids is 1. The summed E-state index contributed by atoms with van der Waals surface area (Å²) in [6, 6.07) is 6.94. The van der Waals surface area contributed by atoms with Gasteiger partial charge in [-0.15, -0.1) is 0 Å². The summed E-state index contributed by atoms with van der Waals surface area (Å²) < 4.78 is 34.0. The second-order valence-electron chi connectivity index (χ2n) is 6.20. The smallest absolute Gasteiger partial charge is 0.356 e.